The molecule has 6 rings (SSSR count). The number of piperazine rings is 1. The van der Waals surface area contributed by atoms with E-state index in [1.165, 1.54) is 10.5 Å². The van der Waals surface area contributed by atoms with Crippen LogP contribution in [0.2, 0.25) is 0 Å². The van der Waals surface area contributed by atoms with Crippen molar-refractivity contribution in [1.82, 2.24) is 14.7 Å². The largest absolute Gasteiger partial charge is 0.374 e. The van der Waals surface area contributed by atoms with Gasteiger partial charge >= 0.3 is 0 Å². The molecule has 1 aromatic carbocycles. The number of Topliss-reactive ketones (excluding diaryl/α,β-unsaturated/α-hetero) is 1. The lowest BCUT2D eigenvalue weighted by Crippen LogP contribution is -2.59. The average Bonchev–Trinajstić information content (AvgIpc) is 3.08. The number of likely N-dealkylation sites (tertiary alicyclic amines) is 1. The van der Waals surface area contributed by atoms with Crippen LogP contribution in [0.25, 0.3) is 0 Å². The first kappa shape index (κ1) is 22.7. The second kappa shape index (κ2) is 9.28. The van der Waals surface area contributed by atoms with Gasteiger partial charge < -0.3 is 9.64 Å². The van der Waals surface area contributed by atoms with Crippen LogP contribution in [0.3, 0.4) is 0 Å². The topological polar surface area (TPSA) is 70.2 Å². The summed E-state index contributed by atoms with van der Waals surface area (Å²) in [4.78, 5) is 45.5. The zero-order valence-electron chi connectivity index (χ0n) is 19.6. The highest BCUT2D eigenvalue weighted by atomic mass is 16.5. The van der Waals surface area contributed by atoms with E-state index >= 15 is 0 Å². The van der Waals surface area contributed by atoms with E-state index in [1.54, 1.807) is 0 Å². The van der Waals surface area contributed by atoms with Crippen LogP contribution in [-0.2, 0) is 25.7 Å². The number of hydrogen-bond donors (Lipinski definition) is 0. The molecule has 4 atom stereocenters. The maximum absolute atomic E-state index is 13.3. The number of nitrogens with zero attached hydrogens (tertiary/aromatic N) is 3. The van der Waals surface area contributed by atoms with Crippen molar-refractivity contribution in [3.8, 4) is 0 Å². The summed E-state index contributed by atoms with van der Waals surface area (Å²) >= 11 is 0. The van der Waals surface area contributed by atoms with Crippen molar-refractivity contribution in [2.75, 3.05) is 45.9 Å². The van der Waals surface area contributed by atoms with Crippen molar-refractivity contribution in [3.05, 3.63) is 35.9 Å². The summed E-state index contributed by atoms with van der Waals surface area (Å²) in [6.07, 6.45) is 2.43. The van der Waals surface area contributed by atoms with E-state index in [1.807, 2.05) is 13.0 Å². The predicted octanol–water partition coefficient (Wildman–Crippen LogP) is 1.95. The number of benzene rings is 1. The van der Waals surface area contributed by atoms with Gasteiger partial charge in [-0.1, -0.05) is 30.3 Å². The summed E-state index contributed by atoms with van der Waals surface area (Å²) in [5.41, 5.74) is 0.581. The third-order valence-electron chi connectivity index (χ3n) is 8.21. The Morgan fingerprint density at radius 1 is 0.970 bits per heavy atom. The lowest BCUT2D eigenvalue weighted by molar-refractivity contribution is -0.180. The van der Waals surface area contributed by atoms with Gasteiger partial charge in [0, 0.05) is 58.2 Å². The van der Waals surface area contributed by atoms with Gasteiger partial charge in [-0.05, 0) is 38.3 Å². The minimum Gasteiger partial charge on any atom is -0.374 e. The van der Waals surface area contributed by atoms with Crippen LogP contribution < -0.4 is 0 Å². The van der Waals surface area contributed by atoms with E-state index in [0.29, 0.717) is 26.0 Å². The maximum Gasteiger partial charge on any atom is 0.236 e. The molecule has 5 fully saturated rings. The molecule has 33 heavy (non-hydrogen) atoms. The monoisotopic (exact) mass is 453 g/mol. The zero-order chi connectivity index (χ0) is 23.0. The SMILES string of the molecule is CCO[C@]12CC[C@H](C(=O)C1)[C@H]1C(=O)N(CCCN3CCN(Cc4ccccc4)CC3)C(=O)[C@H]12. The van der Waals surface area contributed by atoms with Crippen molar-refractivity contribution in [2.24, 2.45) is 17.8 Å². The summed E-state index contributed by atoms with van der Waals surface area (Å²) in [6.45, 7) is 8.72. The zero-order valence-corrected chi connectivity index (χ0v) is 19.6. The van der Waals surface area contributed by atoms with Gasteiger partial charge in [-0.15, -0.1) is 0 Å². The fraction of sp³-hybridized carbons (Fsp3) is 0.654. The lowest BCUT2D eigenvalue weighted by atomic mass is 9.56. The number of ketones is 1. The van der Waals surface area contributed by atoms with Crippen LogP contribution in [-0.4, -0.2) is 83.8 Å². The third-order valence-corrected chi connectivity index (χ3v) is 8.21. The third kappa shape index (κ3) is 4.15. The molecular weight excluding hydrogens is 418 g/mol. The second-order valence-electron chi connectivity index (χ2n) is 10.1. The highest BCUT2D eigenvalue weighted by Gasteiger charge is 2.67. The molecule has 2 heterocycles. The van der Waals surface area contributed by atoms with Gasteiger partial charge in [-0.25, -0.2) is 0 Å². The van der Waals surface area contributed by atoms with E-state index in [2.05, 4.69) is 34.1 Å². The molecule has 2 aliphatic heterocycles. The van der Waals surface area contributed by atoms with Crippen molar-refractivity contribution in [3.63, 3.8) is 0 Å². The Hall–Kier alpha value is -2.09. The fourth-order valence-electron chi connectivity index (χ4n) is 6.62. The van der Waals surface area contributed by atoms with Crippen LogP contribution in [0.15, 0.2) is 30.3 Å². The smallest absolute Gasteiger partial charge is 0.236 e. The molecule has 178 valence electrons. The molecular formula is C26H35N3O4. The molecule has 2 bridgehead atoms. The number of carbonyl (C=O) groups excluding carboxylic acids is 3. The van der Waals surface area contributed by atoms with E-state index in [4.69, 9.17) is 4.74 Å². The Morgan fingerprint density at radius 3 is 2.39 bits per heavy atom. The molecule has 7 heteroatoms. The van der Waals surface area contributed by atoms with E-state index in [9.17, 15) is 14.4 Å². The normalized spacial score (nSPS) is 32.6. The molecule has 0 unspecified atom stereocenters. The molecule has 3 aliphatic carbocycles. The minimum absolute atomic E-state index is 0.104. The number of carbonyl (C=O) groups is 3. The number of hydrogen-bond acceptors (Lipinski definition) is 6. The van der Waals surface area contributed by atoms with Gasteiger partial charge in [-0.2, -0.15) is 0 Å². The summed E-state index contributed by atoms with van der Waals surface area (Å²) in [7, 11) is 0. The fourth-order valence-corrected chi connectivity index (χ4v) is 6.62. The first-order chi connectivity index (χ1) is 16.0. The molecule has 2 saturated heterocycles. The molecule has 3 saturated carbocycles. The first-order valence-corrected chi connectivity index (χ1v) is 12.5. The summed E-state index contributed by atoms with van der Waals surface area (Å²) in [6, 6.07) is 10.6. The minimum atomic E-state index is -0.762. The Morgan fingerprint density at radius 2 is 1.70 bits per heavy atom. The molecule has 0 spiro atoms. The molecule has 0 radical (unpaired) electrons. The summed E-state index contributed by atoms with van der Waals surface area (Å²) < 4.78 is 6.03. The van der Waals surface area contributed by atoms with Gasteiger partial charge in [0.25, 0.3) is 0 Å². The Bertz CT molecular complexity index is 894. The molecule has 7 nitrogen and oxygen atoms in total. The lowest BCUT2D eigenvalue weighted by Gasteiger charge is -2.50. The summed E-state index contributed by atoms with van der Waals surface area (Å²) in [5, 5.41) is 0. The van der Waals surface area contributed by atoms with E-state index in [0.717, 1.165) is 45.7 Å². The standard InChI is InChI=1S/C26H35N3O4/c1-2-33-26-10-9-20(21(30)17-26)22-23(26)25(32)29(24(22)31)12-6-11-27-13-15-28(16-14-27)18-19-7-4-3-5-8-19/h3-5,7-8,20,22-23H,2,6,9-18H2,1H3/t20-,22-,23+,26-/m1/s1. The van der Waals surface area contributed by atoms with Gasteiger partial charge in [0.05, 0.1) is 17.4 Å². The molecule has 0 aromatic heterocycles. The average molecular weight is 454 g/mol. The Balaban J connectivity index is 1.14. The number of imide groups is 1. The van der Waals surface area contributed by atoms with Crippen molar-refractivity contribution < 1.29 is 19.1 Å². The van der Waals surface area contributed by atoms with Crippen molar-refractivity contribution in [1.29, 1.82) is 0 Å². The second-order valence-corrected chi connectivity index (χ2v) is 10.1. The highest BCUT2D eigenvalue weighted by Crippen LogP contribution is 2.55. The number of ether oxygens (including phenoxy) is 1. The van der Waals surface area contributed by atoms with Gasteiger partial charge in [0.15, 0.2) is 0 Å². The maximum atomic E-state index is 13.3. The van der Waals surface area contributed by atoms with Gasteiger partial charge in [0.2, 0.25) is 11.8 Å². The van der Waals surface area contributed by atoms with E-state index < -0.39 is 17.4 Å². The van der Waals surface area contributed by atoms with Crippen molar-refractivity contribution in [2.45, 2.75) is 44.8 Å². The molecule has 0 N–H and O–H groups in total. The quantitative estimate of drug-likeness (QED) is 0.561. The van der Waals surface area contributed by atoms with Crippen LogP contribution >= 0.6 is 0 Å². The van der Waals surface area contributed by atoms with Gasteiger partial charge in [-0.3, -0.25) is 24.2 Å². The van der Waals surface area contributed by atoms with Crippen LogP contribution in [0.5, 0.6) is 0 Å². The first-order valence-electron chi connectivity index (χ1n) is 12.5. The van der Waals surface area contributed by atoms with Crippen molar-refractivity contribution >= 4 is 17.6 Å². The summed E-state index contributed by atoms with van der Waals surface area (Å²) in [5.74, 6) is -1.41. The Kier molecular flexibility index (Phi) is 6.38. The predicted molar refractivity (Wildman–Crippen MR) is 123 cm³/mol. The molecule has 5 aliphatic rings. The van der Waals surface area contributed by atoms with Crippen LogP contribution in [0.1, 0.15) is 38.2 Å². The van der Waals surface area contributed by atoms with Crippen LogP contribution in [0.4, 0.5) is 0 Å². The van der Waals surface area contributed by atoms with Gasteiger partial charge in [0.1, 0.15) is 5.78 Å². The molecule has 1 aromatic rings. The number of rotatable bonds is 8. The number of fused-ring (bicyclic) bond motifs is 2. The van der Waals surface area contributed by atoms with Crippen LogP contribution in [0, 0.1) is 17.8 Å². The van der Waals surface area contributed by atoms with E-state index in [-0.39, 0.29) is 29.9 Å². The Labute approximate surface area is 196 Å². The number of amides is 2. The highest BCUT2D eigenvalue weighted by molar-refractivity contribution is 6.09. The molecule has 2 amide bonds.